The molecule has 130 valence electrons. The molecule has 0 radical (unpaired) electrons. The molecule has 0 spiro atoms. The van der Waals surface area contributed by atoms with Gasteiger partial charge in [-0.1, -0.05) is 0 Å². The molecule has 10 heteroatoms. The fraction of sp³-hybridized carbons (Fsp3) is 0.286. The summed E-state index contributed by atoms with van der Waals surface area (Å²) >= 11 is 0. The number of ether oxygens (including phenoxy) is 3. The van der Waals surface area contributed by atoms with E-state index in [4.69, 9.17) is 9.47 Å². The third kappa shape index (κ3) is 3.81. The third-order valence-corrected chi connectivity index (χ3v) is 2.71. The Morgan fingerprint density at radius 3 is 2.12 bits per heavy atom. The summed E-state index contributed by atoms with van der Waals surface area (Å²) in [4.78, 5) is 23.4. The standard InChI is InChI=1S/C14H9F5O5/c1-13(2)23-11(20)7(12(21)24-13)5-6-3-4-8(15)10(9(6)16)22-14(17,18)19/h3-5H,1-2H3. The molecule has 0 bridgehead atoms. The van der Waals surface area contributed by atoms with E-state index in [-0.39, 0.29) is 0 Å². The SMILES string of the molecule is CC1(C)OC(=O)C(=Cc2ccc(F)c(OC(F)(F)F)c2F)C(=O)O1. The average Bonchev–Trinajstić information content (AvgIpc) is 2.38. The van der Waals surface area contributed by atoms with Gasteiger partial charge in [0.15, 0.2) is 11.6 Å². The lowest BCUT2D eigenvalue weighted by atomic mass is 10.1. The van der Waals surface area contributed by atoms with Gasteiger partial charge in [-0.15, -0.1) is 13.2 Å². The summed E-state index contributed by atoms with van der Waals surface area (Å²) < 4.78 is 76.6. The van der Waals surface area contributed by atoms with Crippen LogP contribution in [0.5, 0.6) is 5.75 Å². The van der Waals surface area contributed by atoms with Gasteiger partial charge in [0, 0.05) is 19.4 Å². The van der Waals surface area contributed by atoms with E-state index in [0.717, 1.165) is 6.07 Å². The van der Waals surface area contributed by atoms with Crippen molar-refractivity contribution in [2.45, 2.75) is 26.0 Å². The molecule has 1 fully saturated rings. The molecule has 0 atom stereocenters. The fourth-order valence-electron chi connectivity index (χ4n) is 1.80. The fourth-order valence-corrected chi connectivity index (χ4v) is 1.80. The first-order valence-electron chi connectivity index (χ1n) is 6.32. The Hall–Kier alpha value is -2.65. The molecule has 0 amide bonds. The maximum absolute atomic E-state index is 14.0. The van der Waals surface area contributed by atoms with Crippen molar-refractivity contribution in [3.05, 3.63) is 34.9 Å². The van der Waals surface area contributed by atoms with Gasteiger partial charge >= 0.3 is 18.3 Å². The first kappa shape index (κ1) is 17.7. The van der Waals surface area contributed by atoms with E-state index < -0.39 is 52.6 Å². The van der Waals surface area contributed by atoms with Crippen LogP contribution < -0.4 is 4.74 Å². The summed E-state index contributed by atoms with van der Waals surface area (Å²) in [6, 6.07) is 1.21. The van der Waals surface area contributed by atoms with Crippen molar-refractivity contribution < 1.29 is 45.8 Å². The van der Waals surface area contributed by atoms with Crippen LogP contribution in [0.3, 0.4) is 0 Å². The van der Waals surface area contributed by atoms with Crippen LogP contribution in [-0.2, 0) is 19.1 Å². The summed E-state index contributed by atoms with van der Waals surface area (Å²) in [6.45, 7) is 2.54. The van der Waals surface area contributed by atoms with Gasteiger partial charge in [-0.25, -0.2) is 18.4 Å². The van der Waals surface area contributed by atoms with Crippen molar-refractivity contribution in [3.63, 3.8) is 0 Å². The summed E-state index contributed by atoms with van der Waals surface area (Å²) in [5.41, 5.74) is -1.46. The number of rotatable bonds is 2. The highest BCUT2D eigenvalue weighted by Crippen LogP contribution is 2.32. The van der Waals surface area contributed by atoms with Gasteiger partial charge in [0.25, 0.3) is 5.79 Å². The Bertz CT molecular complexity index is 714. The topological polar surface area (TPSA) is 61.8 Å². The predicted octanol–water partition coefficient (Wildman–Crippen LogP) is 3.08. The second-order valence-corrected chi connectivity index (χ2v) is 5.06. The molecule has 1 aliphatic rings. The van der Waals surface area contributed by atoms with E-state index in [1.165, 1.54) is 13.8 Å². The minimum Gasteiger partial charge on any atom is -0.419 e. The molecule has 1 saturated heterocycles. The molecule has 0 unspecified atom stereocenters. The summed E-state index contributed by atoms with van der Waals surface area (Å²) in [5, 5.41) is 0. The molecule has 5 nitrogen and oxygen atoms in total. The molecule has 0 aliphatic carbocycles. The van der Waals surface area contributed by atoms with Crippen molar-refractivity contribution in [2.75, 3.05) is 0 Å². The van der Waals surface area contributed by atoms with Crippen molar-refractivity contribution >= 4 is 18.0 Å². The van der Waals surface area contributed by atoms with Crippen LogP contribution >= 0.6 is 0 Å². The first-order valence-corrected chi connectivity index (χ1v) is 6.32. The van der Waals surface area contributed by atoms with Crippen molar-refractivity contribution in [3.8, 4) is 5.75 Å². The number of halogens is 5. The zero-order valence-electron chi connectivity index (χ0n) is 12.2. The molecule has 0 N–H and O–H groups in total. The highest BCUT2D eigenvalue weighted by Gasteiger charge is 2.39. The van der Waals surface area contributed by atoms with E-state index >= 15 is 0 Å². The van der Waals surface area contributed by atoms with Crippen molar-refractivity contribution in [1.29, 1.82) is 0 Å². The number of esters is 2. The largest absolute Gasteiger partial charge is 0.573 e. The zero-order chi connectivity index (χ0) is 18.3. The van der Waals surface area contributed by atoms with Crippen LogP contribution in [0.1, 0.15) is 19.4 Å². The number of benzene rings is 1. The zero-order valence-corrected chi connectivity index (χ0v) is 12.2. The second-order valence-electron chi connectivity index (χ2n) is 5.06. The molecular weight excluding hydrogens is 343 g/mol. The summed E-state index contributed by atoms with van der Waals surface area (Å²) in [7, 11) is 0. The van der Waals surface area contributed by atoms with Crippen LogP contribution in [0.4, 0.5) is 22.0 Å². The molecule has 2 rings (SSSR count). The molecule has 1 aromatic carbocycles. The third-order valence-electron chi connectivity index (χ3n) is 2.71. The number of alkyl halides is 3. The quantitative estimate of drug-likeness (QED) is 0.354. The number of carbonyl (C=O) groups is 2. The van der Waals surface area contributed by atoms with Crippen LogP contribution in [0, 0.1) is 11.6 Å². The highest BCUT2D eigenvalue weighted by atomic mass is 19.4. The van der Waals surface area contributed by atoms with Gasteiger partial charge in [-0.2, -0.15) is 0 Å². The van der Waals surface area contributed by atoms with Crippen LogP contribution in [0.2, 0.25) is 0 Å². The van der Waals surface area contributed by atoms with Crippen LogP contribution in [-0.4, -0.2) is 24.1 Å². The highest BCUT2D eigenvalue weighted by molar-refractivity contribution is 6.18. The molecule has 1 aromatic rings. The van der Waals surface area contributed by atoms with E-state index in [2.05, 4.69) is 4.74 Å². The lowest BCUT2D eigenvalue weighted by molar-refractivity contribution is -0.276. The van der Waals surface area contributed by atoms with Gasteiger partial charge in [0.1, 0.15) is 5.57 Å². The second kappa shape index (κ2) is 5.77. The molecule has 0 aromatic heterocycles. The summed E-state index contributed by atoms with van der Waals surface area (Å²) in [5.74, 6) is -8.95. The lowest BCUT2D eigenvalue weighted by Crippen LogP contribution is -2.41. The molecule has 1 aliphatic heterocycles. The Kier molecular flexibility index (Phi) is 4.25. The molecular formula is C14H9F5O5. The number of hydrogen-bond acceptors (Lipinski definition) is 5. The van der Waals surface area contributed by atoms with Gasteiger partial charge in [0.05, 0.1) is 0 Å². The lowest BCUT2D eigenvalue weighted by Gasteiger charge is -2.29. The minimum absolute atomic E-state index is 0.486. The van der Waals surface area contributed by atoms with Gasteiger partial charge in [0.2, 0.25) is 5.75 Å². The Morgan fingerprint density at radius 1 is 1.08 bits per heavy atom. The normalized spacial score (nSPS) is 17.2. The molecule has 24 heavy (non-hydrogen) atoms. The van der Waals surface area contributed by atoms with E-state index in [1.54, 1.807) is 0 Å². The monoisotopic (exact) mass is 352 g/mol. The molecule has 0 saturated carbocycles. The Balaban J connectivity index is 2.45. The number of cyclic esters (lactones) is 2. The predicted molar refractivity (Wildman–Crippen MR) is 67.3 cm³/mol. The van der Waals surface area contributed by atoms with Crippen molar-refractivity contribution in [1.82, 2.24) is 0 Å². The summed E-state index contributed by atoms with van der Waals surface area (Å²) in [6.07, 6.45) is -4.75. The first-order chi connectivity index (χ1) is 10.9. The van der Waals surface area contributed by atoms with E-state index in [1.807, 2.05) is 0 Å². The maximum atomic E-state index is 14.0. The maximum Gasteiger partial charge on any atom is 0.573 e. The average molecular weight is 352 g/mol. The number of hydrogen-bond donors (Lipinski definition) is 0. The smallest absolute Gasteiger partial charge is 0.419 e. The van der Waals surface area contributed by atoms with E-state index in [0.29, 0.717) is 12.1 Å². The molecule has 1 heterocycles. The van der Waals surface area contributed by atoms with E-state index in [9.17, 15) is 31.5 Å². The Morgan fingerprint density at radius 2 is 1.62 bits per heavy atom. The van der Waals surface area contributed by atoms with Crippen LogP contribution in [0.25, 0.3) is 6.08 Å². The van der Waals surface area contributed by atoms with Gasteiger partial charge < -0.3 is 14.2 Å². The Labute approximate surface area is 131 Å². The van der Waals surface area contributed by atoms with Crippen molar-refractivity contribution in [2.24, 2.45) is 0 Å². The van der Waals surface area contributed by atoms with Gasteiger partial charge in [-0.05, 0) is 18.2 Å². The minimum atomic E-state index is -5.33. The van der Waals surface area contributed by atoms with Gasteiger partial charge in [-0.3, -0.25) is 0 Å². The van der Waals surface area contributed by atoms with Crippen LogP contribution in [0.15, 0.2) is 17.7 Å². The number of carbonyl (C=O) groups excluding carboxylic acids is 2.